The molecule has 0 radical (unpaired) electrons. The van der Waals surface area contributed by atoms with Gasteiger partial charge in [0.2, 0.25) is 0 Å². The Morgan fingerprint density at radius 1 is 0.541 bits per heavy atom. The maximum absolute atomic E-state index is 14.7. The molecular weight excluding hydrogens is 466 g/mol. The van der Waals surface area contributed by atoms with Crippen molar-refractivity contribution in [3.63, 3.8) is 0 Å². The Labute approximate surface area is 222 Å². The van der Waals surface area contributed by atoms with Crippen LogP contribution >= 0.6 is 0 Å². The molecule has 3 fully saturated rings. The zero-order valence-corrected chi connectivity index (χ0v) is 22.7. The zero-order chi connectivity index (χ0) is 25.8. The summed E-state index contributed by atoms with van der Waals surface area (Å²) in [5, 5.41) is 0. The van der Waals surface area contributed by atoms with Gasteiger partial charge in [-0.25, -0.2) is 8.78 Å². The molecule has 0 bridgehead atoms. The van der Waals surface area contributed by atoms with E-state index in [-0.39, 0.29) is 23.8 Å². The average molecular weight is 511 g/mol. The van der Waals surface area contributed by atoms with Gasteiger partial charge in [-0.15, -0.1) is 0 Å². The van der Waals surface area contributed by atoms with E-state index in [2.05, 4.69) is 0 Å². The van der Waals surface area contributed by atoms with Crippen molar-refractivity contribution in [1.29, 1.82) is 0 Å². The number of hydrogen-bond acceptors (Lipinski definition) is 2. The van der Waals surface area contributed by atoms with E-state index in [1.807, 2.05) is 26.0 Å². The normalized spacial score (nSPS) is 26.3. The molecule has 0 spiro atoms. The fourth-order valence-electron chi connectivity index (χ4n) is 7.07. The predicted molar refractivity (Wildman–Crippen MR) is 145 cm³/mol. The molecule has 2 atom stereocenters. The lowest BCUT2D eigenvalue weighted by molar-refractivity contribution is -0.147. The second-order valence-corrected chi connectivity index (χ2v) is 12.1. The van der Waals surface area contributed by atoms with Crippen LogP contribution in [0.2, 0.25) is 0 Å². The van der Waals surface area contributed by atoms with Crippen LogP contribution in [0.3, 0.4) is 0 Å². The monoisotopic (exact) mass is 510 g/mol. The number of benzene rings is 2. The Morgan fingerprint density at radius 3 is 1.27 bits per heavy atom. The van der Waals surface area contributed by atoms with Crippen molar-refractivity contribution >= 4 is 0 Å². The highest BCUT2D eigenvalue weighted by atomic mass is 19.1. The SMILES string of the molecule is CC1(C)O[C@H](c2ccc(F)cc2C2CCCCCCC2)[C@@H](c2ccc(F)cc2C2CCCCCCC2)O1. The molecule has 4 heteroatoms. The van der Waals surface area contributed by atoms with Gasteiger partial charge in [0.1, 0.15) is 23.8 Å². The first kappa shape index (κ1) is 26.8. The van der Waals surface area contributed by atoms with Crippen LogP contribution in [0.1, 0.15) is 150 Å². The van der Waals surface area contributed by atoms with Crippen LogP contribution in [0.25, 0.3) is 0 Å². The molecule has 5 rings (SSSR count). The molecule has 0 unspecified atom stereocenters. The molecule has 37 heavy (non-hydrogen) atoms. The van der Waals surface area contributed by atoms with Crippen molar-refractivity contribution in [2.45, 2.75) is 134 Å². The summed E-state index contributed by atoms with van der Waals surface area (Å²) in [5.74, 6) is -0.497. The van der Waals surface area contributed by atoms with Gasteiger partial charge >= 0.3 is 0 Å². The standard InChI is InChI=1S/C33H44F2O2/c1-33(2)36-31(27-19-17-25(34)21-29(27)23-13-9-5-3-6-10-14-23)32(37-33)28-20-18-26(35)22-30(28)24-15-11-7-4-8-12-16-24/h17-24,31-32H,3-16H2,1-2H3/t31-,32-/m1/s1. The molecule has 0 amide bonds. The van der Waals surface area contributed by atoms with Gasteiger partial charge in [0.05, 0.1) is 0 Å². The van der Waals surface area contributed by atoms with E-state index < -0.39 is 5.79 Å². The largest absolute Gasteiger partial charge is 0.339 e. The molecule has 2 saturated carbocycles. The molecule has 1 heterocycles. The maximum atomic E-state index is 14.7. The van der Waals surface area contributed by atoms with Crippen LogP contribution in [-0.2, 0) is 9.47 Å². The molecular formula is C33H44F2O2. The predicted octanol–water partition coefficient (Wildman–Crippen LogP) is 10.2. The molecule has 1 aliphatic heterocycles. The topological polar surface area (TPSA) is 18.5 Å². The van der Waals surface area contributed by atoms with Crippen LogP contribution in [-0.4, -0.2) is 5.79 Å². The Morgan fingerprint density at radius 2 is 0.892 bits per heavy atom. The van der Waals surface area contributed by atoms with Crippen molar-refractivity contribution in [3.8, 4) is 0 Å². The van der Waals surface area contributed by atoms with Crippen LogP contribution < -0.4 is 0 Å². The molecule has 2 aromatic rings. The van der Waals surface area contributed by atoms with E-state index in [0.29, 0.717) is 11.8 Å². The van der Waals surface area contributed by atoms with E-state index in [1.165, 1.54) is 64.2 Å². The van der Waals surface area contributed by atoms with Crippen LogP contribution in [0, 0.1) is 11.6 Å². The fourth-order valence-corrected chi connectivity index (χ4v) is 7.07. The Balaban J connectivity index is 1.54. The molecule has 0 N–H and O–H groups in total. The van der Waals surface area contributed by atoms with Gasteiger partial charge in [0.15, 0.2) is 5.79 Å². The lowest BCUT2D eigenvalue weighted by Gasteiger charge is -2.29. The van der Waals surface area contributed by atoms with Gasteiger partial charge in [-0.05, 0) is 97.9 Å². The Hall–Kier alpha value is -1.78. The number of halogens is 2. The van der Waals surface area contributed by atoms with Crippen molar-refractivity contribution in [3.05, 3.63) is 70.3 Å². The van der Waals surface area contributed by atoms with E-state index in [0.717, 1.165) is 47.9 Å². The Bertz CT molecular complexity index is 951. The van der Waals surface area contributed by atoms with E-state index in [1.54, 1.807) is 24.3 Å². The zero-order valence-electron chi connectivity index (χ0n) is 22.7. The minimum Gasteiger partial charge on any atom is -0.339 e. The minimum absolute atomic E-state index is 0.187. The van der Waals surface area contributed by atoms with Gasteiger partial charge < -0.3 is 9.47 Å². The Kier molecular flexibility index (Phi) is 8.66. The average Bonchev–Trinajstić information content (AvgIpc) is 3.13. The first-order valence-corrected chi connectivity index (χ1v) is 14.9. The molecule has 2 nitrogen and oxygen atoms in total. The molecule has 2 aromatic carbocycles. The summed E-state index contributed by atoms with van der Waals surface area (Å²) in [7, 11) is 0. The molecule has 2 aliphatic carbocycles. The van der Waals surface area contributed by atoms with Crippen molar-refractivity contribution in [2.75, 3.05) is 0 Å². The summed E-state index contributed by atoms with van der Waals surface area (Å²) in [6.45, 7) is 3.91. The number of ether oxygens (including phenoxy) is 2. The van der Waals surface area contributed by atoms with Crippen LogP contribution in [0.5, 0.6) is 0 Å². The van der Waals surface area contributed by atoms with Crippen LogP contribution in [0.15, 0.2) is 36.4 Å². The third-order valence-corrected chi connectivity index (χ3v) is 8.90. The van der Waals surface area contributed by atoms with Gasteiger partial charge in [-0.1, -0.05) is 76.3 Å². The van der Waals surface area contributed by atoms with Crippen molar-refractivity contribution in [2.24, 2.45) is 0 Å². The summed E-state index contributed by atoms with van der Waals surface area (Å²) in [6.07, 6.45) is 16.0. The van der Waals surface area contributed by atoms with E-state index in [4.69, 9.17) is 9.47 Å². The summed E-state index contributed by atoms with van der Waals surface area (Å²) in [5.41, 5.74) is 4.23. The van der Waals surface area contributed by atoms with Gasteiger partial charge in [-0.2, -0.15) is 0 Å². The van der Waals surface area contributed by atoms with E-state index >= 15 is 0 Å². The third-order valence-electron chi connectivity index (χ3n) is 8.90. The van der Waals surface area contributed by atoms with Gasteiger partial charge in [-0.3, -0.25) is 0 Å². The highest BCUT2D eigenvalue weighted by Crippen LogP contribution is 2.51. The van der Waals surface area contributed by atoms with Crippen molar-refractivity contribution < 1.29 is 18.3 Å². The molecule has 0 aromatic heterocycles. The minimum atomic E-state index is -0.783. The first-order valence-electron chi connectivity index (χ1n) is 14.9. The van der Waals surface area contributed by atoms with Gasteiger partial charge in [0, 0.05) is 0 Å². The molecule has 3 aliphatic rings. The van der Waals surface area contributed by atoms with Crippen molar-refractivity contribution in [1.82, 2.24) is 0 Å². The second kappa shape index (κ2) is 11.9. The summed E-state index contributed by atoms with van der Waals surface area (Å²) >= 11 is 0. The maximum Gasteiger partial charge on any atom is 0.164 e. The van der Waals surface area contributed by atoms with Gasteiger partial charge in [0.25, 0.3) is 0 Å². The number of rotatable bonds is 4. The summed E-state index contributed by atoms with van der Waals surface area (Å²) < 4.78 is 42.5. The number of hydrogen-bond donors (Lipinski definition) is 0. The second-order valence-electron chi connectivity index (χ2n) is 12.1. The summed E-state index contributed by atoms with van der Waals surface area (Å²) in [6, 6.07) is 10.5. The van der Waals surface area contributed by atoms with E-state index in [9.17, 15) is 8.78 Å². The van der Waals surface area contributed by atoms with Crippen LogP contribution in [0.4, 0.5) is 8.78 Å². The smallest absolute Gasteiger partial charge is 0.164 e. The first-order chi connectivity index (χ1) is 17.9. The quantitative estimate of drug-likeness (QED) is 0.407. The third kappa shape index (κ3) is 6.45. The highest BCUT2D eigenvalue weighted by molar-refractivity contribution is 5.40. The lowest BCUT2D eigenvalue weighted by Crippen LogP contribution is -2.20. The highest BCUT2D eigenvalue weighted by Gasteiger charge is 2.45. The molecule has 1 saturated heterocycles. The fraction of sp³-hybridized carbons (Fsp3) is 0.636. The lowest BCUT2D eigenvalue weighted by atomic mass is 9.79. The molecule has 202 valence electrons. The summed E-state index contributed by atoms with van der Waals surface area (Å²) in [4.78, 5) is 0.